The Balaban J connectivity index is 1.62. The van der Waals surface area contributed by atoms with Crippen LogP contribution in [-0.2, 0) is 19.1 Å². The van der Waals surface area contributed by atoms with Gasteiger partial charge in [0.05, 0.1) is 31.9 Å². The van der Waals surface area contributed by atoms with Crippen molar-refractivity contribution in [2.24, 2.45) is 4.99 Å². The van der Waals surface area contributed by atoms with Crippen molar-refractivity contribution < 1.29 is 23.5 Å². The minimum Gasteiger partial charge on any atom is -0.466 e. The number of thiazole rings is 1. The van der Waals surface area contributed by atoms with Gasteiger partial charge in [0.25, 0.3) is 0 Å². The number of halogens is 2. The third kappa shape index (κ3) is 4.20. The highest BCUT2D eigenvalue weighted by Crippen LogP contribution is 2.37. The highest BCUT2D eigenvalue weighted by Gasteiger charge is 2.42. The Kier molecular flexibility index (Phi) is 6.34. The zero-order chi connectivity index (χ0) is 23.8. The number of benzene rings is 1. The maximum Gasteiger partial charge on any atom is 0.338 e. The molecule has 2 fully saturated rings. The van der Waals surface area contributed by atoms with Gasteiger partial charge in [-0.2, -0.15) is 0 Å². The summed E-state index contributed by atoms with van der Waals surface area (Å²) >= 11 is 7.77. The molecule has 0 spiro atoms. The monoisotopic (exact) mass is 505 g/mol. The molecule has 3 aliphatic rings. The van der Waals surface area contributed by atoms with Crippen molar-refractivity contribution in [1.82, 2.24) is 20.5 Å². The van der Waals surface area contributed by atoms with Gasteiger partial charge in [0, 0.05) is 40.9 Å². The van der Waals surface area contributed by atoms with Crippen LogP contribution >= 0.6 is 22.9 Å². The van der Waals surface area contributed by atoms with E-state index < -0.39 is 23.9 Å². The molecule has 0 radical (unpaired) electrons. The van der Waals surface area contributed by atoms with E-state index in [9.17, 15) is 14.0 Å². The number of amidine groups is 1. The van der Waals surface area contributed by atoms with Crippen molar-refractivity contribution in [3.63, 3.8) is 0 Å². The van der Waals surface area contributed by atoms with Crippen LogP contribution in [-0.4, -0.2) is 73.1 Å². The van der Waals surface area contributed by atoms with E-state index in [0.717, 1.165) is 0 Å². The Bertz CT molecular complexity index is 1190. The van der Waals surface area contributed by atoms with Gasteiger partial charge in [-0.1, -0.05) is 17.7 Å². The van der Waals surface area contributed by atoms with Crippen molar-refractivity contribution >= 4 is 40.6 Å². The molecule has 2 N–H and O–H groups in total. The van der Waals surface area contributed by atoms with Crippen LogP contribution in [0.1, 0.15) is 16.6 Å². The van der Waals surface area contributed by atoms with E-state index in [0.29, 0.717) is 35.3 Å². The van der Waals surface area contributed by atoms with Crippen LogP contribution in [0.5, 0.6) is 0 Å². The van der Waals surface area contributed by atoms with Gasteiger partial charge in [-0.15, -0.1) is 11.3 Å². The summed E-state index contributed by atoms with van der Waals surface area (Å²) in [5.41, 5.74) is 1.21. The number of hydrogen-bond donors (Lipinski definition) is 2. The van der Waals surface area contributed by atoms with Gasteiger partial charge >= 0.3 is 5.97 Å². The number of piperazine rings is 1. The van der Waals surface area contributed by atoms with Crippen molar-refractivity contribution in [1.29, 1.82) is 0 Å². The molecule has 1 aromatic heterocycles. The number of hydrogen-bond acceptors (Lipinski definition) is 9. The largest absolute Gasteiger partial charge is 0.466 e. The van der Waals surface area contributed by atoms with Crippen LogP contribution in [0.15, 0.2) is 46.0 Å². The molecule has 2 saturated heterocycles. The lowest BCUT2D eigenvalue weighted by Crippen LogP contribution is -2.67. The van der Waals surface area contributed by atoms with Crippen molar-refractivity contribution in [2.45, 2.75) is 18.1 Å². The molecule has 4 heterocycles. The number of methoxy groups -OCH3 is 1. The van der Waals surface area contributed by atoms with Gasteiger partial charge in [-0.05, 0) is 12.1 Å². The Morgan fingerprint density at radius 1 is 1.41 bits per heavy atom. The van der Waals surface area contributed by atoms with Gasteiger partial charge in [0.15, 0.2) is 10.8 Å². The average Bonchev–Trinajstić information content (AvgIpc) is 3.36. The number of amides is 1. The predicted molar refractivity (Wildman–Crippen MR) is 123 cm³/mol. The standard InChI is InChI=1S/C22H21ClFN5O4S/c1-32-22(31)17-15(8-29-12-7-26-20(30)16(29)10-33-9-12)27-19(21-25-4-5-34-21)28-18(17)13-3-2-11(24)6-14(13)23/h2-6,12,16,18H,7-10H2,1H3,(H,26,30)(H,27,28)/t12?,16?,18-/m0/s1. The number of ether oxygens (including phenoxy) is 2. The van der Waals surface area contributed by atoms with E-state index in [1.165, 1.54) is 36.6 Å². The van der Waals surface area contributed by atoms with Crippen LogP contribution in [0.4, 0.5) is 4.39 Å². The fourth-order valence-corrected chi connectivity index (χ4v) is 5.25. The van der Waals surface area contributed by atoms with Crippen LogP contribution in [0, 0.1) is 5.82 Å². The maximum absolute atomic E-state index is 13.8. The number of nitrogens with one attached hydrogen (secondary N) is 2. The molecule has 178 valence electrons. The zero-order valence-electron chi connectivity index (χ0n) is 18.1. The van der Waals surface area contributed by atoms with Crippen molar-refractivity contribution in [3.8, 4) is 0 Å². The second-order valence-corrected chi connectivity index (χ2v) is 9.32. The summed E-state index contributed by atoms with van der Waals surface area (Å²) in [6.45, 7) is 1.40. The Hall–Kier alpha value is -2.86. The average molecular weight is 506 g/mol. The van der Waals surface area contributed by atoms with Crippen LogP contribution < -0.4 is 10.6 Å². The molecule has 34 heavy (non-hydrogen) atoms. The number of rotatable bonds is 5. The smallest absolute Gasteiger partial charge is 0.338 e. The number of fused-ring (bicyclic) bond motifs is 2. The number of aromatic nitrogens is 1. The van der Waals surface area contributed by atoms with E-state index in [-0.39, 0.29) is 35.7 Å². The van der Waals surface area contributed by atoms with Gasteiger partial charge < -0.3 is 20.1 Å². The molecule has 2 aromatic rings. The predicted octanol–water partition coefficient (Wildman–Crippen LogP) is 1.65. The molecule has 2 unspecified atom stereocenters. The normalized spacial score (nSPS) is 24.9. The summed E-state index contributed by atoms with van der Waals surface area (Å²) < 4.78 is 24.5. The van der Waals surface area contributed by atoms with Crippen LogP contribution in [0.25, 0.3) is 0 Å². The fourth-order valence-electron chi connectivity index (χ4n) is 4.39. The topological polar surface area (TPSA) is 105 Å². The zero-order valence-corrected chi connectivity index (χ0v) is 19.7. The van der Waals surface area contributed by atoms with Crippen LogP contribution in [0.2, 0.25) is 5.02 Å². The number of nitrogens with zero attached hydrogens (tertiary/aromatic N) is 3. The molecule has 0 saturated carbocycles. The molecular weight excluding hydrogens is 485 g/mol. The summed E-state index contributed by atoms with van der Waals surface area (Å²) in [6.07, 6.45) is 1.65. The molecule has 5 rings (SSSR count). The molecule has 3 aliphatic heterocycles. The minimum absolute atomic E-state index is 0.0558. The van der Waals surface area contributed by atoms with Crippen molar-refractivity contribution in [3.05, 3.63) is 62.5 Å². The number of carbonyl (C=O) groups is 2. The molecule has 0 aliphatic carbocycles. The fraction of sp³-hybridized carbons (Fsp3) is 0.364. The third-order valence-electron chi connectivity index (χ3n) is 6.03. The summed E-state index contributed by atoms with van der Waals surface area (Å²) in [7, 11) is 1.28. The van der Waals surface area contributed by atoms with E-state index in [1.54, 1.807) is 6.20 Å². The summed E-state index contributed by atoms with van der Waals surface area (Å²) in [5, 5.41) is 8.72. The van der Waals surface area contributed by atoms with Gasteiger partial charge in [-0.3, -0.25) is 14.7 Å². The first kappa shape index (κ1) is 22.9. The van der Waals surface area contributed by atoms with E-state index >= 15 is 0 Å². The van der Waals surface area contributed by atoms with Crippen LogP contribution in [0.3, 0.4) is 0 Å². The first-order valence-electron chi connectivity index (χ1n) is 10.6. The first-order valence-corrected chi connectivity index (χ1v) is 11.8. The molecule has 2 bridgehead atoms. The number of aliphatic imine (C=N–C) groups is 1. The summed E-state index contributed by atoms with van der Waals surface area (Å²) in [4.78, 5) is 36.6. The van der Waals surface area contributed by atoms with Gasteiger partial charge in [-0.25, -0.2) is 14.2 Å². The van der Waals surface area contributed by atoms with Gasteiger partial charge in [0.1, 0.15) is 17.9 Å². The summed E-state index contributed by atoms with van der Waals surface area (Å²) in [5.74, 6) is -0.773. The quantitative estimate of drug-likeness (QED) is 0.595. The molecule has 1 amide bonds. The molecule has 1 aromatic carbocycles. The van der Waals surface area contributed by atoms with Crippen molar-refractivity contribution in [2.75, 3.05) is 33.4 Å². The Labute approximate surface area is 203 Å². The number of carbonyl (C=O) groups excluding carboxylic acids is 2. The second-order valence-electron chi connectivity index (χ2n) is 8.02. The lowest BCUT2D eigenvalue weighted by Gasteiger charge is -2.45. The molecular formula is C22H21ClFN5O4S. The summed E-state index contributed by atoms with van der Waals surface area (Å²) in [6, 6.07) is 2.56. The lowest BCUT2D eigenvalue weighted by atomic mass is 9.94. The Morgan fingerprint density at radius 3 is 3.00 bits per heavy atom. The highest BCUT2D eigenvalue weighted by atomic mass is 35.5. The third-order valence-corrected chi connectivity index (χ3v) is 7.14. The minimum atomic E-state index is -0.856. The maximum atomic E-state index is 13.8. The van der Waals surface area contributed by atoms with Gasteiger partial charge in [0.2, 0.25) is 5.91 Å². The first-order chi connectivity index (χ1) is 16.5. The number of esters is 1. The van der Waals surface area contributed by atoms with E-state index in [1.807, 2.05) is 10.3 Å². The number of morpholine rings is 1. The van der Waals surface area contributed by atoms with E-state index in [2.05, 4.69) is 15.6 Å². The molecule has 12 heteroatoms. The lowest BCUT2D eigenvalue weighted by molar-refractivity contribution is -0.142. The second kappa shape index (κ2) is 9.41. The SMILES string of the molecule is COC(=O)C1=C(CN2C3CNC(=O)C2COC3)NC(c2nccs2)=N[C@H]1c1ccc(F)cc1Cl. The highest BCUT2D eigenvalue weighted by molar-refractivity contribution is 7.11. The molecule has 3 atom stereocenters. The van der Waals surface area contributed by atoms with E-state index in [4.69, 9.17) is 26.1 Å². The Morgan fingerprint density at radius 2 is 2.26 bits per heavy atom. The molecule has 9 nitrogen and oxygen atoms in total.